The molecule has 0 radical (unpaired) electrons. The summed E-state index contributed by atoms with van der Waals surface area (Å²) in [5, 5.41) is 21.8. The van der Waals surface area contributed by atoms with E-state index in [4.69, 9.17) is 0 Å². The molecule has 2 N–H and O–H groups in total. The molecule has 0 unspecified atom stereocenters. The second-order valence-electron chi connectivity index (χ2n) is 17.1. The van der Waals surface area contributed by atoms with Crippen LogP contribution in [0.3, 0.4) is 0 Å². The Morgan fingerprint density at radius 1 is 0.538 bits per heavy atom. The molecular weight excluding hydrogens is 490 g/mol. The van der Waals surface area contributed by atoms with Gasteiger partial charge in [-0.3, -0.25) is 24.3 Å². The van der Waals surface area contributed by atoms with Gasteiger partial charge in [-0.15, -0.1) is 0 Å². The number of aliphatic carboxylic acids is 2. The van der Waals surface area contributed by atoms with Crippen LogP contribution in [0.25, 0.3) is 0 Å². The highest BCUT2D eigenvalue weighted by Crippen LogP contribution is 2.58. The number of hydrogen-bond donors (Lipinski definition) is 2. The maximum atomic E-state index is 13.4. The topological polar surface area (TPSA) is 84.3 Å². The highest BCUT2D eigenvalue weighted by atomic mass is 16.4. The molecule has 0 bridgehead atoms. The molecule has 0 aliphatic carbocycles. The smallest absolute Gasteiger partial charge is 0.321 e. The summed E-state index contributed by atoms with van der Waals surface area (Å²) in [6, 6.07) is 0.322. The third-order valence-corrected chi connectivity index (χ3v) is 11.8. The van der Waals surface area contributed by atoms with Crippen LogP contribution in [-0.4, -0.2) is 90.2 Å². The van der Waals surface area contributed by atoms with Gasteiger partial charge in [0.25, 0.3) is 0 Å². The Labute approximate surface area is 238 Å². The number of carbonyl (C=O) groups is 2. The predicted octanol–water partition coefficient (Wildman–Crippen LogP) is 5.96. The fourth-order valence-electron chi connectivity index (χ4n) is 9.92. The van der Waals surface area contributed by atoms with Gasteiger partial charge in [-0.1, -0.05) is 0 Å². The zero-order valence-corrected chi connectivity index (χ0v) is 27.5. The molecule has 0 aromatic heterocycles. The first-order chi connectivity index (χ1) is 17.3. The van der Waals surface area contributed by atoms with Gasteiger partial charge >= 0.3 is 11.9 Å². The maximum Gasteiger partial charge on any atom is 0.321 e. The number of nitrogens with zero attached hydrogens (tertiary/aromatic N) is 3. The van der Waals surface area contributed by atoms with E-state index in [-0.39, 0.29) is 33.2 Å². The second-order valence-corrected chi connectivity index (χ2v) is 17.1. The monoisotopic (exact) mass is 549 g/mol. The molecule has 3 fully saturated rings. The van der Waals surface area contributed by atoms with Gasteiger partial charge in [0.15, 0.2) is 5.41 Å². The summed E-state index contributed by atoms with van der Waals surface area (Å²) in [5.74, 6) is -3.26. The molecule has 226 valence electrons. The summed E-state index contributed by atoms with van der Waals surface area (Å²) in [6.45, 7) is 26.6. The summed E-state index contributed by atoms with van der Waals surface area (Å²) in [7, 11) is 4.30. The molecule has 3 heterocycles. The van der Waals surface area contributed by atoms with E-state index in [2.05, 4.69) is 112 Å². The Balaban J connectivity index is 2.09. The number of hydrogen-bond acceptors (Lipinski definition) is 5. The molecule has 0 aromatic carbocycles. The van der Waals surface area contributed by atoms with E-state index >= 15 is 0 Å². The first kappa shape index (κ1) is 32.3. The number of carboxylic acids is 2. The summed E-state index contributed by atoms with van der Waals surface area (Å²) in [4.78, 5) is 34.2. The molecule has 7 heteroatoms. The van der Waals surface area contributed by atoms with Gasteiger partial charge in [0.2, 0.25) is 0 Å². The number of likely N-dealkylation sites (tertiary alicyclic amines) is 3. The predicted molar refractivity (Wildman–Crippen MR) is 158 cm³/mol. The molecule has 0 spiro atoms. The minimum Gasteiger partial charge on any atom is -0.480 e. The van der Waals surface area contributed by atoms with Crippen molar-refractivity contribution < 1.29 is 19.8 Å². The van der Waals surface area contributed by atoms with Crippen molar-refractivity contribution in [1.82, 2.24) is 14.7 Å². The van der Waals surface area contributed by atoms with Crippen molar-refractivity contribution in [1.29, 1.82) is 0 Å². The summed E-state index contributed by atoms with van der Waals surface area (Å²) in [6.07, 6.45) is 4.23. The van der Waals surface area contributed by atoms with Crippen LogP contribution in [0.5, 0.6) is 0 Å². The van der Waals surface area contributed by atoms with Gasteiger partial charge in [0.05, 0.1) is 0 Å². The van der Waals surface area contributed by atoms with Crippen LogP contribution in [0.2, 0.25) is 0 Å². The van der Waals surface area contributed by atoms with E-state index in [9.17, 15) is 19.8 Å². The minimum absolute atomic E-state index is 0.0204. The molecule has 3 aliphatic rings. The van der Waals surface area contributed by atoms with E-state index in [1.54, 1.807) is 0 Å². The lowest BCUT2D eigenvalue weighted by molar-refractivity contribution is -0.195. The quantitative estimate of drug-likeness (QED) is 0.409. The Morgan fingerprint density at radius 2 is 0.795 bits per heavy atom. The van der Waals surface area contributed by atoms with Crippen molar-refractivity contribution in [2.45, 2.75) is 161 Å². The van der Waals surface area contributed by atoms with Crippen LogP contribution in [0.15, 0.2) is 0 Å². The lowest BCUT2D eigenvalue weighted by Gasteiger charge is -2.65. The Morgan fingerprint density at radius 3 is 1.08 bits per heavy atom. The largest absolute Gasteiger partial charge is 0.480 e. The van der Waals surface area contributed by atoms with Crippen molar-refractivity contribution in [3.05, 3.63) is 0 Å². The molecule has 7 nitrogen and oxygen atoms in total. The Kier molecular flexibility index (Phi) is 7.81. The number of piperidine rings is 3. The van der Waals surface area contributed by atoms with Crippen LogP contribution in [0, 0.1) is 17.3 Å². The molecule has 3 aliphatic heterocycles. The summed E-state index contributed by atoms with van der Waals surface area (Å²) < 4.78 is 0. The van der Waals surface area contributed by atoms with Crippen molar-refractivity contribution in [2.24, 2.45) is 17.3 Å². The highest BCUT2D eigenvalue weighted by Gasteiger charge is 2.66. The summed E-state index contributed by atoms with van der Waals surface area (Å²) in [5.41, 5.74) is -3.11. The lowest BCUT2D eigenvalue weighted by atomic mass is 9.53. The molecule has 0 aromatic rings. The van der Waals surface area contributed by atoms with Gasteiger partial charge in [-0.05, 0) is 148 Å². The fraction of sp³-hybridized carbons (Fsp3) is 0.938. The van der Waals surface area contributed by atoms with E-state index in [0.29, 0.717) is 31.7 Å². The van der Waals surface area contributed by atoms with Gasteiger partial charge in [-0.2, -0.15) is 0 Å². The van der Waals surface area contributed by atoms with Crippen molar-refractivity contribution in [2.75, 3.05) is 14.1 Å². The second kappa shape index (κ2) is 9.42. The van der Waals surface area contributed by atoms with Gasteiger partial charge in [0.1, 0.15) is 0 Å². The SMILES string of the molecule is CN1C(C)(C)CC(N2C(C)(C)CC(C(C(=O)O)(C(=O)O)C3CC(C)(C)N(C)C(C)(C)C3)CC2(C)C)CC1(C)C. The maximum absolute atomic E-state index is 13.4. The minimum atomic E-state index is -1.83. The standard InChI is InChI=1S/C32H59N3O4/c1-26(2)15-21(16-27(3,4)33(26)13)32(24(36)37,25(38)39)22-17-30(9,10)35(31(11,12)18-22)23-19-28(5,6)34(14)29(7,8)20-23/h21-23H,15-20H2,1-14H3,(H,36,37)(H,38,39). The lowest BCUT2D eigenvalue weighted by Crippen LogP contribution is -2.72. The first-order valence-electron chi connectivity index (χ1n) is 15.0. The molecule has 0 atom stereocenters. The average Bonchev–Trinajstić information content (AvgIpc) is 2.67. The van der Waals surface area contributed by atoms with Gasteiger partial charge < -0.3 is 10.2 Å². The summed E-state index contributed by atoms with van der Waals surface area (Å²) >= 11 is 0. The molecule has 3 saturated heterocycles. The average molecular weight is 550 g/mol. The Hall–Kier alpha value is -1.18. The number of carboxylic acid groups (broad SMARTS) is 2. The third kappa shape index (κ3) is 5.18. The Bertz CT molecular complexity index is 912. The van der Waals surface area contributed by atoms with Gasteiger partial charge in [0, 0.05) is 39.3 Å². The van der Waals surface area contributed by atoms with Gasteiger partial charge in [-0.25, -0.2) is 0 Å². The molecule has 0 saturated carbocycles. The van der Waals surface area contributed by atoms with Crippen molar-refractivity contribution in [3.63, 3.8) is 0 Å². The van der Waals surface area contributed by atoms with Crippen molar-refractivity contribution >= 4 is 11.9 Å². The third-order valence-electron chi connectivity index (χ3n) is 11.8. The molecule has 3 rings (SSSR count). The van der Waals surface area contributed by atoms with E-state index in [1.165, 1.54) is 0 Å². The normalized spacial score (nSPS) is 30.2. The van der Waals surface area contributed by atoms with Crippen LogP contribution < -0.4 is 0 Å². The van der Waals surface area contributed by atoms with Crippen molar-refractivity contribution in [3.8, 4) is 0 Å². The molecule has 0 amide bonds. The zero-order chi connectivity index (χ0) is 30.4. The zero-order valence-electron chi connectivity index (χ0n) is 27.5. The fourth-order valence-corrected chi connectivity index (χ4v) is 9.92. The molecule has 39 heavy (non-hydrogen) atoms. The molecular formula is C32H59N3O4. The van der Waals surface area contributed by atoms with Crippen LogP contribution in [0.4, 0.5) is 0 Å². The van der Waals surface area contributed by atoms with Crippen LogP contribution in [0.1, 0.15) is 122 Å². The number of rotatable bonds is 5. The van der Waals surface area contributed by atoms with Crippen LogP contribution in [-0.2, 0) is 9.59 Å². The van der Waals surface area contributed by atoms with Crippen LogP contribution >= 0.6 is 0 Å². The van der Waals surface area contributed by atoms with E-state index in [0.717, 1.165) is 12.8 Å². The highest BCUT2D eigenvalue weighted by molar-refractivity contribution is 5.99. The van der Waals surface area contributed by atoms with E-state index < -0.39 is 29.2 Å². The first-order valence-corrected chi connectivity index (χ1v) is 15.0. The van der Waals surface area contributed by atoms with E-state index in [1.807, 2.05) is 0 Å².